The predicted octanol–water partition coefficient (Wildman–Crippen LogP) is 23.1. The molecule has 0 aromatic heterocycles. The number of allylic oxidation sites excluding steroid dienone is 20. The molecule has 102 heavy (non-hydrogen) atoms. The Kier molecular flexibility index (Phi) is 71.4. The van der Waals surface area contributed by atoms with Crippen LogP contribution in [0.25, 0.3) is 0 Å². The zero-order chi connectivity index (χ0) is 74.6. The Morgan fingerprint density at radius 2 is 0.510 bits per heavy atom. The normalized spacial score (nSPS) is 14.5. The van der Waals surface area contributed by atoms with Crippen LogP contribution in [0.5, 0.6) is 0 Å². The Bertz CT molecular complexity index is 2410. The molecule has 5 atom stereocenters. The van der Waals surface area contributed by atoms with E-state index in [0.717, 1.165) is 218 Å². The molecule has 0 bridgehead atoms. The molecule has 0 aromatic rings. The Morgan fingerprint density at radius 3 is 0.794 bits per heavy atom. The van der Waals surface area contributed by atoms with Crippen LogP contribution in [0.3, 0.4) is 0 Å². The summed E-state index contributed by atoms with van der Waals surface area (Å²) < 4.78 is 68.6. The molecule has 0 aliphatic carbocycles. The van der Waals surface area contributed by atoms with E-state index in [1.165, 1.54) is 25.7 Å². The third kappa shape index (κ3) is 73.8. The van der Waals surface area contributed by atoms with Crippen molar-refractivity contribution < 1.29 is 80.2 Å². The number of hydrogen-bond acceptors (Lipinski definition) is 15. The van der Waals surface area contributed by atoms with Gasteiger partial charge in [-0.1, -0.05) is 271 Å². The van der Waals surface area contributed by atoms with Gasteiger partial charge in [0, 0.05) is 25.7 Å². The third-order valence-corrected chi connectivity index (χ3v) is 18.3. The van der Waals surface area contributed by atoms with Crippen molar-refractivity contribution in [2.45, 2.75) is 341 Å². The number of aliphatic hydroxyl groups is 1. The van der Waals surface area contributed by atoms with Gasteiger partial charge >= 0.3 is 39.5 Å². The van der Waals surface area contributed by atoms with Gasteiger partial charge in [0.15, 0.2) is 12.2 Å². The third-order valence-electron chi connectivity index (χ3n) is 16.4. The summed E-state index contributed by atoms with van der Waals surface area (Å²) in [6.07, 6.45) is 81.7. The molecule has 0 aliphatic rings. The van der Waals surface area contributed by atoms with Crippen molar-refractivity contribution in [3.05, 3.63) is 122 Å². The van der Waals surface area contributed by atoms with Crippen LogP contribution in [-0.4, -0.2) is 96.7 Å². The minimum absolute atomic E-state index is 0.0713. The smallest absolute Gasteiger partial charge is 0.462 e. The Morgan fingerprint density at radius 1 is 0.284 bits per heavy atom. The van der Waals surface area contributed by atoms with Crippen molar-refractivity contribution in [2.75, 3.05) is 39.6 Å². The first-order valence-electron chi connectivity index (χ1n) is 39.8. The molecule has 0 spiro atoms. The number of carbonyl (C=O) groups excluding carboxylic acids is 4. The number of phosphoric acid groups is 2. The average Bonchev–Trinajstić information content (AvgIpc) is 0.939. The molecule has 0 fully saturated rings. The molecule has 5 unspecified atom stereocenters. The number of hydrogen-bond donors (Lipinski definition) is 3. The maximum atomic E-state index is 13.1. The molecule has 0 saturated carbocycles. The number of unbranched alkanes of at least 4 members (excludes halogenated alkanes) is 28. The van der Waals surface area contributed by atoms with E-state index in [-0.39, 0.29) is 25.7 Å². The Labute approximate surface area is 619 Å². The molecule has 0 amide bonds. The Hall–Kier alpha value is -4.54. The molecular formula is C83H142O17P2. The molecule has 0 aliphatic heterocycles. The SMILES string of the molecule is CC/C=C\C/C=C\C/C=C\CCCCCCCCCC(=O)OCC(COP(=O)(O)OCC(O)COP(=O)(O)OCC(COC(=O)CCCCCCCCC/C=C\C/C=C\C/C=C\CC)OC(=O)CCCCCCC/C=C\CCCCCC)OC(=O)CCCCCCC/C=C\C/C=C\C/C=C\CC. The number of rotatable bonds is 74. The molecule has 3 N–H and O–H groups in total. The van der Waals surface area contributed by atoms with Gasteiger partial charge in [0.1, 0.15) is 19.3 Å². The van der Waals surface area contributed by atoms with Gasteiger partial charge in [-0.2, -0.15) is 0 Å². The summed E-state index contributed by atoms with van der Waals surface area (Å²) in [5, 5.41) is 10.6. The maximum absolute atomic E-state index is 13.1. The van der Waals surface area contributed by atoms with E-state index in [0.29, 0.717) is 25.7 Å². The fraction of sp³-hybridized carbons (Fsp3) is 0.711. The van der Waals surface area contributed by atoms with Crippen LogP contribution in [0.15, 0.2) is 122 Å². The lowest BCUT2D eigenvalue weighted by atomic mass is 10.1. The van der Waals surface area contributed by atoms with Gasteiger partial charge in [-0.3, -0.25) is 37.3 Å². The maximum Gasteiger partial charge on any atom is 0.472 e. The molecule has 0 heterocycles. The number of ether oxygens (including phenoxy) is 4. The average molecular weight is 1470 g/mol. The van der Waals surface area contributed by atoms with Crippen LogP contribution in [0.4, 0.5) is 0 Å². The fourth-order valence-electron chi connectivity index (χ4n) is 10.4. The quantitative estimate of drug-likeness (QED) is 0.0169. The van der Waals surface area contributed by atoms with Crippen LogP contribution in [0, 0.1) is 0 Å². The van der Waals surface area contributed by atoms with Crippen LogP contribution in [-0.2, 0) is 65.4 Å². The molecule has 0 radical (unpaired) electrons. The first kappa shape index (κ1) is 97.5. The highest BCUT2D eigenvalue weighted by atomic mass is 31.2. The van der Waals surface area contributed by atoms with Crippen molar-refractivity contribution in [1.29, 1.82) is 0 Å². The molecule has 0 rings (SSSR count). The molecule has 586 valence electrons. The second-order valence-electron chi connectivity index (χ2n) is 26.2. The summed E-state index contributed by atoms with van der Waals surface area (Å²) in [6.45, 7) is 4.50. The minimum atomic E-state index is -4.99. The van der Waals surface area contributed by atoms with Crippen molar-refractivity contribution in [3.63, 3.8) is 0 Å². The van der Waals surface area contributed by atoms with Crippen LogP contribution >= 0.6 is 15.6 Å². The van der Waals surface area contributed by atoms with Gasteiger partial charge in [0.25, 0.3) is 0 Å². The number of carbonyl (C=O) groups is 4. The molecule has 0 saturated heterocycles. The zero-order valence-corrected chi connectivity index (χ0v) is 65.8. The van der Waals surface area contributed by atoms with Crippen LogP contribution < -0.4 is 0 Å². The summed E-state index contributed by atoms with van der Waals surface area (Å²) in [5.74, 6) is -2.22. The summed E-state index contributed by atoms with van der Waals surface area (Å²) >= 11 is 0. The van der Waals surface area contributed by atoms with E-state index in [4.69, 9.17) is 37.0 Å². The number of esters is 4. The lowest BCUT2D eigenvalue weighted by Crippen LogP contribution is -2.30. The first-order chi connectivity index (χ1) is 49.7. The van der Waals surface area contributed by atoms with E-state index in [9.17, 15) is 43.2 Å². The molecule has 0 aromatic carbocycles. The standard InChI is InChI=1S/C83H142O17P2/c1-5-9-13-17-21-25-29-33-36-38-41-44-47-51-55-59-63-67-80(85)93-73-78(99-82(87)69-65-61-57-53-49-43-32-28-24-20-16-12-8-4)75-97-101(89,90)95-71-77(84)72-96-102(91,92)98-76-79(100-83(88)70-66-62-58-54-50-46-40-35-31-27-23-19-15-11-7-3)74-94-81(86)68-64-60-56-52-48-45-42-39-37-34-30-26-22-18-14-10-6-2/h9-11,13-15,21-23,25-28,32-37,40,77-79,84H,5-8,12,16-20,24,29-31,38-39,41-76H2,1-4H3,(H,89,90)(H,91,92)/b13-9-,14-10-,15-11-,25-21-,26-22-,27-23-,32-28-,36-33-,37-34-,40-35-. The number of aliphatic hydroxyl groups excluding tert-OH is 1. The van der Waals surface area contributed by atoms with Crippen molar-refractivity contribution in [2.24, 2.45) is 0 Å². The van der Waals surface area contributed by atoms with Crippen LogP contribution in [0.2, 0.25) is 0 Å². The monoisotopic (exact) mass is 1470 g/mol. The van der Waals surface area contributed by atoms with E-state index < -0.39 is 97.5 Å². The van der Waals surface area contributed by atoms with Gasteiger partial charge < -0.3 is 33.8 Å². The lowest BCUT2D eigenvalue weighted by Gasteiger charge is -2.21. The second kappa shape index (κ2) is 74.7. The van der Waals surface area contributed by atoms with E-state index in [2.05, 4.69) is 149 Å². The van der Waals surface area contributed by atoms with Gasteiger partial charge in [-0.15, -0.1) is 0 Å². The van der Waals surface area contributed by atoms with Gasteiger partial charge in [-0.25, -0.2) is 9.13 Å². The summed E-state index contributed by atoms with van der Waals surface area (Å²) in [7, 11) is -9.97. The highest BCUT2D eigenvalue weighted by Crippen LogP contribution is 2.45. The van der Waals surface area contributed by atoms with Crippen molar-refractivity contribution >= 4 is 39.5 Å². The second-order valence-corrected chi connectivity index (χ2v) is 29.1. The topological polar surface area (TPSA) is 237 Å². The van der Waals surface area contributed by atoms with E-state index in [1.807, 2.05) is 0 Å². The molecule has 19 heteroatoms. The lowest BCUT2D eigenvalue weighted by molar-refractivity contribution is -0.161. The van der Waals surface area contributed by atoms with Crippen molar-refractivity contribution in [1.82, 2.24) is 0 Å². The highest BCUT2D eigenvalue weighted by molar-refractivity contribution is 7.47. The van der Waals surface area contributed by atoms with Gasteiger partial charge in [-0.05, 0) is 148 Å². The predicted molar refractivity (Wildman–Crippen MR) is 418 cm³/mol. The van der Waals surface area contributed by atoms with E-state index >= 15 is 0 Å². The van der Waals surface area contributed by atoms with Crippen LogP contribution in [0.1, 0.15) is 323 Å². The van der Waals surface area contributed by atoms with Crippen molar-refractivity contribution in [3.8, 4) is 0 Å². The molecular weight excluding hydrogens is 1330 g/mol. The largest absolute Gasteiger partial charge is 0.472 e. The summed E-state index contributed by atoms with van der Waals surface area (Å²) in [6, 6.07) is 0. The van der Waals surface area contributed by atoms with E-state index in [1.54, 1.807) is 0 Å². The first-order valence-corrected chi connectivity index (χ1v) is 42.8. The highest BCUT2D eigenvalue weighted by Gasteiger charge is 2.30. The van der Waals surface area contributed by atoms with Gasteiger partial charge in [0.2, 0.25) is 0 Å². The van der Waals surface area contributed by atoms with Gasteiger partial charge in [0.05, 0.1) is 26.4 Å². The minimum Gasteiger partial charge on any atom is -0.462 e. The Balaban J connectivity index is 5.37. The summed E-state index contributed by atoms with van der Waals surface area (Å²) in [5.41, 5.74) is 0. The summed E-state index contributed by atoms with van der Waals surface area (Å²) in [4.78, 5) is 73.0. The fourth-order valence-corrected chi connectivity index (χ4v) is 12.0. The zero-order valence-electron chi connectivity index (χ0n) is 64.0. The number of phosphoric ester groups is 2. The molecule has 17 nitrogen and oxygen atoms in total.